The summed E-state index contributed by atoms with van der Waals surface area (Å²) in [7, 11) is 0. The molecule has 2 heterocycles. The van der Waals surface area contributed by atoms with Gasteiger partial charge in [-0.15, -0.1) is 5.10 Å². The van der Waals surface area contributed by atoms with Crippen LogP contribution in [0.2, 0.25) is 0 Å². The standard InChI is InChI=1S/C11H16N6O/c1-10(16-7-4-12-9-16)11(18)13-3-2-6-17-8-5-14-15-17/h4-5,7-10H,2-3,6H2,1H3,(H,13,18). The molecule has 0 saturated carbocycles. The van der Waals surface area contributed by atoms with Crippen LogP contribution in [0.5, 0.6) is 0 Å². The summed E-state index contributed by atoms with van der Waals surface area (Å²) in [5, 5.41) is 10.4. The zero-order chi connectivity index (χ0) is 12.8. The molecule has 0 aromatic carbocycles. The lowest BCUT2D eigenvalue weighted by atomic mass is 10.3. The lowest BCUT2D eigenvalue weighted by Gasteiger charge is -2.13. The SMILES string of the molecule is CC(C(=O)NCCCn1ccnn1)n1ccnc1. The Bertz CT molecular complexity index is 464. The minimum atomic E-state index is -0.237. The molecule has 1 atom stereocenters. The number of imidazole rings is 1. The molecule has 7 nitrogen and oxygen atoms in total. The third kappa shape index (κ3) is 3.16. The molecule has 18 heavy (non-hydrogen) atoms. The summed E-state index contributed by atoms with van der Waals surface area (Å²) >= 11 is 0. The zero-order valence-corrected chi connectivity index (χ0v) is 10.2. The van der Waals surface area contributed by atoms with Gasteiger partial charge in [-0.2, -0.15) is 0 Å². The van der Waals surface area contributed by atoms with Crippen LogP contribution in [-0.2, 0) is 11.3 Å². The Morgan fingerprint density at radius 2 is 2.28 bits per heavy atom. The Morgan fingerprint density at radius 1 is 1.39 bits per heavy atom. The number of nitrogens with one attached hydrogen (secondary N) is 1. The lowest BCUT2D eigenvalue weighted by Crippen LogP contribution is -2.31. The van der Waals surface area contributed by atoms with E-state index in [-0.39, 0.29) is 11.9 Å². The predicted octanol–water partition coefficient (Wildman–Crippen LogP) is 0.242. The molecule has 2 aromatic rings. The van der Waals surface area contributed by atoms with E-state index in [1.165, 1.54) is 0 Å². The third-order valence-electron chi connectivity index (χ3n) is 2.69. The van der Waals surface area contributed by atoms with Gasteiger partial charge in [-0.1, -0.05) is 5.21 Å². The van der Waals surface area contributed by atoms with E-state index >= 15 is 0 Å². The van der Waals surface area contributed by atoms with Crippen molar-refractivity contribution in [3.8, 4) is 0 Å². The van der Waals surface area contributed by atoms with Gasteiger partial charge in [-0.3, -0.25) is 9.48 Å². The molecular weight excluding hydrogens is 232 g/mol. The van der Waals surface area contributed by atoms with Gasteiger partial charge in [-0.05, 0) is 13.3 Å². The quantitative estimate of drug-likeness (QED) is 0.743. The molecule has 96 valence electrons. The molecule has 0 aliphatic rings. The van der Waals surface area contributed by atoms with Crippen LogP contribution in [0.1, 0.15) is 19.4 Å². The summed E-state index contributed by atoms with van der Waals surface area (Å²) in [5.74, 6) is -0.00779. The molecule has 7 heteroatoms. The molecule has 0 aliphatic heterocycles. The number of aromatic nitrogens is 5. The summed E-state index contributed by atoms with van der Waals surface area (Å²) in [6.45, 7) is 3.21. The second-order valence-corrected chi connectivity index (χ2v) is 4.00. The Balaban J connectivity index is 1.69. The van der Waals surface area contributed by atoms with Gasteiger partial charge in [-0.25, -0.2) is 4.98 Å². The first kappa shape index (κ1) is 12.3. The van der Waals surface area contributed by atoms with Crippen LogP contribution in [0.15, 0.2) is 31.1 Å². The smallest absolute Gasteiger partial charge is 0.242 e. The number of rotatable bonds is 6. The van der Waals surface area contributed by atoms with Gasteiger partial charge in [0.1, 0.15) is 6.04 Å². The highest BCUT2D eigenvalue weighted by molar-refractivity contribution is 5.79. The van der Waals surface area contributed by atoms with Crippen LogP contribution in [-0.4, -0.2) is 37.0 Å². The molecule has 2 aromatic heterocycles. The minimum absolute atomic E-state index is 0.00779. The Hall–Kier alpha value is -2.18. The summed E-state index contributed by atoms with van der Waals surface area (Å²) in [5.41, 5.74) is 0. The van der Waals surface area contributed by atoms with E-state index in [1.54, 1.807) is 40.4 Å². The Morgan fingerprint density at radius 3 is 2.94 bits per heavy atom. The van der Waals surface area contributed by atoms with E-state index in [1.807, 2.05) is 6.92 Å². The van der Waals surface area contributed by atoms with Crippen LogP contribution in [0.3, 0.4) is 0 Å². The third-order valence-corrected chi connectivity index (χ3v) is 2.69. The van der Waals surface area contributed by atoms with Gasteiger partial charge in [0.2, 0.25) is 5.91 Å². The molecule has 0 aliphatic carbocycles. The number of carbonyl (C=O) groups is 1. The first-order chi connectivity index (χ1) is 8.77. The van der Waals surface area contributed by atoms with Crippen molar-refractivity contribution >= 4 is 5.91 Å². The average Bonchev–Trinajstić information content (AvgIpc) is 3.05. The number of nitrogens with zero attached hydrogens (tertiary/aromatic N) is 5. The highest BCUT2D eigenvalue weighted by atomic mass is 16.2. The molecule has 1 unspecified atom stereocenters. The van der Waals surface area contributed by atoms with Crippen molar-refractivity contribution in [1.29, 1.82) is 0 Å². The molecule has 1 N–H and O–H groups in total. The maximum Gasteiger partial charge on any atom is 0.242 e. The molecule has 0 saturated heterocycles. The zero-order valence-electron chi connectivity index (χ0n) is 10.2. The monoisotopic (exact) mass is 248 g/mol. The number of amides is 1. The van der Waals surface area contributed by atoms with Crippen molar-refractivity contribution in [3.05, 3.63) is 31.1 Å². The maximum atomic E-state index is 11.8. The summed E-state index contributed by atoms with van der Waals surface area (Å²) in [4.78, 5) is 15.7. The van der Waals surface area contributed by atoms with Gasteiger partial charge in [0, 0.05) is 31.7 Å². The summed E-state index contributed by atoms with van der Waals surface area (Å²) < 4.78 is 3.51. The van der Waals surface area contributed by atoms with Crippen LogP contribution in [0, 0.1) is 0 Å². The summed E-state index contributed by atoms with van der Waals surface area (Å²) in [6.07, 6.45) is 9.34. The first-order valence-electron chi connectivity index (χ1n) is 5.86. The van der Waals surface area contributed by atoms with Crippen molar-refractivity contribution in [2.75, 3.05) is 6.54 Å². The van der Waals surface area contributed by atoms with E-state index in [4.69, 9.17) is 0 Å². The fourth-order valence-corrected chi connectivity index (χ4v) is 1.59. The van der Waals surface area contributed by atoms with Gasteiger partial charge >= 0.3 is 0 Å². The van der Waals surface area contributed by atoms with E-state index < -0.39 is 0 Å². The van der Waals surface area contributed by atoms with E-state index in [9.17, 15) is 4.79 Å². The first-order valence-corrected chi connectivity index (χ1v) is 5.86. The molecule has 0 spiro atoms. The van der Waals surface area contributed by atoms with Crippen LogP contribution < -0.4 is 5.32 Å². The Labute approximate surface area is 105 Å². The minimum Gasteiger partial charge on any atom is -0.354 e. The number of carbonyl (C=O) groups excluding carboxylic acids is 1. The lowest BCUT2D eigenvalue weighted by molar-refractivity contribution is -0.123. The molecule has 0 radical (unpaired) electrons. The van der Waals surface area contributed by atoms with Gasteiger partial charge in [0.25, 0.3) is 0 Å². The van der Waals surface area contributed by atoms with Crippen molar-refractivity contribution < 1.29 is 4.79 Å². The van der Waals surface area contributed by atoms with Crippen LogP contribution in [0.4, 0.5) is 0 Å². The van der Waals surface area contributed by atoms with Crippen molar-refractivity contribution in [2.45, 2.75) is 25.9 Å². The fraction of sp³-hybridized carbons (Fsp3) is 0.455. The average molecular weight is 248 g/mol. The highest BCUT2D eigenvalue weighted by Gasteiger charge is 2.12. The van der Waals surface area contributed by atoms with Crippen molar-refractivity contribution in [3.63, 3.8) is 0 Å². The molecule has 0 fully saturated rings. The topological polar surface area (TPSA) is 77.6 Å². The second kappa shape index (κ2) is 5.95. The normalized spacial score (nSPS) is 12.3. The molecular formula is C11H16N6O. The van der Waals surface area contributed by atoms with Crippen molar-refractivity contribution in [2.24, 2.45) is 0 Å². The fourth-order valence-electron chi connectivity index (χ4n) is 1.59. The van der Waals surface area contributed by atoms with Crippen LogP contribution in [0.25, 0.3) is 0 Å². The van der Waals surface area contributed by atoms with E-state index in [2.05, 4.69) is 20.6 Å². The van der Waals surface area contributed by atoms with E-state index in [0.717, 1.165) is 13.0 Å². The highest BCUT2D eigenvalue weighted by Crippen LogP contribution is 2.03. The van der Waals surface area contributed by atoms with E-state index in [0.29, 0.717) is 6.54 Å². The Kier molecular flexibility index (Phi) is 4.06. The van der Waals surface area contributed by atoms with Gasteiger partial charge < -0.3 is 9.88 Å². The number of hydrogen-bond donors (Lipinski definition) is 1. The van der Waals surface area contributed by atoms with Gasteiger partial charge in [0.05, 0.1) is 12.5 Å². The van der Waals surface area contributed by atoms with Gasteiger partial charge in [0.15, 0.2) is 0 Å². The maximum absolute atomic E-state index is 11.8. The predicted molar refractivity (Wildman–Crippen MR) is 64.6 cm³/mol. The largest absolute Gasteiger partial charge is 0.354 e. The molecule has 2 rings (SSSR count). The number of hydrogen-bond acceptors (Lipinski definition) is 4. The van der Waals surface area contributed by atoms with Crippen LogP contribution >= 0.6 is 0 Å². The van der Waals surface area contributed by atoms with Crippen molar-refractivity contribution in [1.82, 2.24) is 29.9 Å². The number of aryl methyl sites for hydroxylation is 1. The molecule has 1 amide bonds. The summed E-state index contributed by atoms with van der Waals surface area (Å²) in [6, 6.07) is -0.237. The molecule has 0 bridgehead atoms. The second-order valence-electron chi connectivity index (χ2n) is 4.00.